The molecule has 0 radical (unpaired) electrons. The summed E-state index contributed by atoms with van der Waals surface area (Å²) in [6.45, 7) is 1.78. The van der Waals surface area contributed by atoms with E-state index in [4.69, 9.17) is 4.74 Å². The maximum absolute atomic E-state index is 12.3. The summed E-state index contributed by atoms with van der Waals surface area (Å²) in [7, 11) is 1.56. The van der Waals surface area contributed by atoms with Crippen LogP contribution in [0.2, 0.25) is 0 Å². The van der Waals surface area contributed by atoms with Crippen molar-refractivity contribution in [1.82, 2.24) is 14.6 Å². The number of benzene rings is 1. The quantitative estimate of drug-likeness (QED) is 0.754. The molecule has 0 fully saturated rings. The molecule has 0 amide bonds. The summed E-state index contributed by atoms with van der Waals surface area (Å²) in [4.78, 5) is 16.5. The summed E-state index contributed by atoms with van der Waals surface area (Å²) >= 11 is 0. The SMILES string of the molecule is COc1ccc(C(O)=c2cnc3cc(C)nn3c2=O)cc1. The van der Waals surface area contributed by atoms with Crippen LogP contribution in [-0.2, 0) is 0 Å². The molecule has 3 rings (SSSR count). The number of aliphatic hydroxyl groups is 1. The number of aryl methyl sites for hydroxylation is 1. The fraction of sp³-hybridized carbons (Fsp3) is 0.133. The molecule has 1 N–H and O–H groups in total. The second kappa shape index (κ2) is 4.90. The molecule has 6 heteroatoms. The molecule has 0 aliphatic heterocycles. The lowest BCUT2D eigenvalue weighted by Crippen LogP contribution is -2.34. The van der Waals surface area contributed by atoms with Gasteiger partial charge in [0.2, 0.25) is 0 Å². The number of aromatic nitrogens is 3. The second-order valence-corrected chi connectivity index (χ2v) is 4.61. The van der Waals surface area contributed by atoms with Crippen LogP contribution >= 0.6 is 0 Å². The standard InChI is InChI=1S/C15H13N3O3/c1-9-7-13-16-8-12(15(20)18(13)17-9)14(19)10-3-5-11(21-2)6-4-10/h3-8,19H,1-2H3. The summed E-state index contributed by atoms with van der Waals surface area (Å²) < 4.78 is 6.24. The normalized spacial score (nSPS) is 12.5. The monoisotopic (exact) mass is 283 g/mol. The largest absolute Gasteiger partial charge is 0.506 e. The Bertz CT molecular complexity index is 914. The summed E-state index contributed by atoms with van der Waals surface area (Å²) in [6, 6.07) is 8.47. The van der Waals surface area contributed by atoms with Crippen LogP contribution in [0.4, 0.5) is 0 Å². The lowest BCUT2D eigenvalue weighted by atomic mass is 10.1. The first-order valence-electron chi connectivity index (χ1n) is 6.33. The van der Waals surface area contributed by atoms with Gasteiger partial charge >= 0.3 is 0 Å². The van der Waals surface area contributed by atoms with Gasteiger partial charge in [0.15, 0.2) is 5.65 Å². The third-order valence-electron chi connectivity index (χ3n) is 3.18. The minimum Gasteiger partial charge on any atom is -0.506 e. The predicted octanol–water partition coefficient (Wildman–Crippen LogP) is 0.840. The first kappa shape index (κ1) is 13.1. The van der Waals surface area contributed by atoms with Gasteiger partial charge in [-0.25, -0.2) is 4.98 Å². The molecule has 2 heterocycles. The van der Waals surface area contributed by atoms with Gasteiger partial charge in [-0.1, -0.05) is 0 Å². The van der Waals surface area contributed by atoms with Crippen molar-refractivity contribution in [2.24, 2.45) is 0 Å². The third-order valence-corrected chi connectivity index (χ3v) is 3.18. The van der Waals surface area contributed by atoms with E-state index in [0.717, 1.165) is 0 Å². The summed E-state index contributed by atoms with van der Waals surface area (Å²) in [5.41, 5.74) is 1.27. The number of hydrogen-bond donors (Lipinski definition) is 1. The Labute approximate surface area is 119 Å². The molecule has 0 aliphatic rings. The Hall–Kier alpha value is -2.89. The molecule has 0 saturated heterocycles. The Morgan fingerprint density at radius 2 is 2.00 bits per heavy atom. The van der Waals surface area contributed by atoms with Crippen LogP contribution in [0, 0.1) is 6.92 Å². The molecule has 0 aliphatic carbocycles. The highest BCUT2D eigenvalue weighted by Gasteiger charge is 2.08. The Morgan fingerprint density at radius 1 is 1.29 bits per heavy atom. The highest BCUT2D eigenvalue weighted by atomic mass is 16.5. The van der Waals surface area contributed by atoms with Gasteiger partial charge < -0.3 is 9.84 Å². The van der Waals surface area contributed by atoms with E-state index in [1.54, 1.807) is 44.4 Å². The Morgan fingerprint density at radius 3 is 2.67 bits per heavy atom. The molecule has 106 valence electrons. The number of fused-ring (bicyclic) bond motifs is 1. The zero-order chi connectivity index (χ0) is 15.0. The highest BCUT2D eigenvalue weighted by Crippen LogP contribution is 2.14. The van der Waals surface area contributed by atoms with E-state index in [0.29, 0.717) is 22.7 Å². The van der Waals surface area contributed by atoms with Crippen molar-refractivity contribution >= 4 is 11.4 Å². The molecule has 0 bridgehead atoms. The van der Waals surface area contributed by atoms with Gasteiger partial charge in [0.05, 0.1) is 12.8 Å². The van der Waals surface area contributed by atoms with E-state index in [-0.39, 0.29) is 11.0 Å². The average molecular weight is 283 g/mol. The van der Waals surface area contributed by atoms with Crippen molar-refractivity contribution in [3.05, 3.63) is 63.4 Å². The number of nitrogens with zero attached hydrogens (tertiary/aromatic N) is 3. The number of hydrogen-bond acceptors (Lipinski definition) is 5. The molecule has 21 heavy (non-hydrogen) atoms. The number of aliphatic hydroxyl groups excluding tert-OH is 1. The van der Waals surface area contributed by atoms with Crippen LogP contribution < -0.4 is 15.5 Å². The molecular formula is C15H13N3O3. The van der Waals surface area contributed by atoms with Crippen molar-refractivity contribution in [2.75, 3.05) is 7.11 Å². The first-order chi connectivity index (χ1) is 10.1. The molecule has 1 aromatic carbocycles. The van der Waals surface area contributed by atoms with E-state index in [1.807, 2.05) is 0 Å². The van der Waals surface area contributed by atoms with Gasteiger partial charge in [-0.05, 0) is 31.2 Å². The molecule has 0 spiro atoms. The molecule has 2 aromatic heterocycles. The minimum atomic E-state index is -0.401. The maximum atomic E-state index is 12.3. The fourth-order valence-corrected chi connectivity index (χ4v) is 2.09. The second-order valence-electron chi connectivity index (χ2n) is 4.61. The Balaban J connectivity index is 2.24. The van der Waals surface area contributed by atoms with E-state index in [2.05, 4.69) is 10.1 Å². The highest BCUT2D eigenvalue weighted by molar-refractivity contribution is 5.59. The van der Waals surface area contributed by atoms with Crippen LogP contribution in [0.5, 0.6) is 5.75 Å². The van der Waals surface area contributed by atoms with E-state index >= 15 is 0 Å². The van der Waals surface area contributed by atoms with Gasteiger partial charge in [0.25, 0.3) is 5.56 Å². The van der Waals surface area contributed by atoms with Gasteiger partial charge in [-0.3, -0.25) is 4.79 Å². The molecule has 3 aromatic rings. The van der Waals surface area contributed by atoms with Gasteiger partial charge in [0, 0.05) is 17.8 Å². The lowest BCUT2D eigenvalue weighted by Gasteiger charge is -2.02. The van der Waals surface area contributed by atoms with Crippen LogP contribution in [0.3, 0.4) is 0 Å². The van der Waals surface area contributed by atoms with Crippen molar-refractivity contribution < 1.29 is 9.84 Å². The van der Waals surface area contributed by atoms with Crippen molar-refractivity contribution in [3.8, 4) is 5.75 Å². The van der Waals surface area contributed by atoms with Crippen LogP contribution in [0.1, 0.15) is 11.3 Å². The average Bonchev–Trinajstić information content (AvgIpc) is 2.89. The van der Waals surface area contributed by atoms with Crippen LogP contribution in [0.25, 0.3) is 11.4 Å². The summed E-state index contributed by atoms with van der Waals surface area (Å²) in [5.74, 6) is 0.537. The zero-order valence-corrected chi connectivity index (χ0v) is 11.6. The topological polar surface area (TPSA) is 76.7 Å². The van der Waals surface area contributed by atoms with E-state index in [9.17, 15) is 9.90 Å². The molecule has 0 atom stereocenters. The lowest BCUT2D eigenvalue weighted by molar-refractivity contribution is 0.414. The molecule has 0 unspecified atom stereocenters. The number of rotatable bonds is 2. The Kier molecular flexibility index (Phi) is 3.06. The van der Waals surface area contributed by atoms with Gasteiger partial charge in [-0.2, -0.15) is 9.61 Å². The minimum absolute atomic E-state index is 0.107. The third kappa shape index (κ3) is 2.20. The van der Waals surface area contributed by atoms with Crippen molar-refractivity contribution in [3.63, 3.8) is 0 Å². The van der Waals surface area contributed by atoms with Crippen LogP contribution in [0.15, 0.2) is 41.3 Å². The van der Waals surface area contributed by atoms with Gasteiger partial charge in [-0.15, -0.1) is 0 Å². The summed E-state index contributed by atoms with van der Waals surface area (Å²) in [6.07, 6.45) is 1.36. The molecular weight excluding hydrogens is 270 g/mol. The number of ether oxygens (including phenoxy) is 1. The van der Waals surface area contributed by atoms with Crippen molar-refractivity contribution in [2.45, 2.75) is 6.92 Å². The molecule has 0 saturated carbocycles. The predicted molar refractivity (Wildman–Crippen MR) is 77.3 cm³/mol. The van der Waals surface area contributed by atoms with Gasteiger partial charge in [0.1, 0.15) is 16.7 Å². The van der Waals surface area contributed by atoms with Crippen LogP contribution in [-0.4, -0.2) is 26.8 Å². The smallest absolute Gasteiger partial charge is 0.285 e. The maximum Gasteiger partial charge on any atom is 0.285 e. The van der Waals surface area contributed by atoms with E-state index < -0.39 is 5.56 Å². The van der Waals surface area contributed by atoms with Crippen molar-refractivity contribution in [1.29, 1.82) is 0 Å². The fourth-order valence-electron chi connectivity index (χ4n) is 2.09. The number of methoxy groups -OCH3 is 1. The zero-order valence-electron chi connectivity index (χ0n) is 11.6. The first-order valence-corrected chi connectivity index (χ1v) is 6.33. The van der Waals surface area contributed by atoms with E-state index in [1.165, 1.54) is 10.7 Å². The summed E-state index contributed by atoms with van der Waals surface area (Å²) in [5, 5.41) is 14.5. The molecule has 6 nitrogen and oxygen atoms in total.